The molecule has 0 fully saturated rings. The van der Waals surface area contributed by atoms with Crippen LogP contribution in [-0.4, -0.2) is 46.9 Å². The van der Waals surface area contributed by atoms with Crippen molar-refractivity contribution in [3.63, 3.8) is 0 Å². The van der Waals surface area contributed by atoms with Crippen LogP contribution in [0.5, 0.6) is 0 Å². The molecule has 1 rings (SSSR count). The molecule has 0 unspecified atom stereocenters. The smallest absolute Gasteiger partial charge is 0.348 e. The van der Waals surface area contributed by atoms with Crippen LogP contribution in [0.3, 0.4) is 0 Å². The highest BCUT2D eigenvalue weighted by molar-refractivity contribution is 5.76. The summed E-state index contributed by atoms with van der Waals surface area (Å²) in [5.74, 6) is 0. The summed E-state index contributed by atoms with van der Waals surface area (Å²) in [6, 6.07) is -0.521. The zero-order valence-corrected chi connectivity index (χ0v) is 8.80. The lowest BCUT2D eigenvalue weighted by atomic mass is 10.2. The molecule has 5 heteroatoms. The molecule has 1 atom stereocenters. The van der Waals surface area contributed by atoms with E-state index in [1.54, 1.807) is 12.2 Å². The summed E-state index contributed by atoms with van der Waals surface area (Å²) >= 11 is 0. The zero-order chi connectivity index (χ0) is 11.3. The van der Waals surface area contributed by atoms with Crippen molar-refractivity contribution in [3.05, 3.63) is 24.9 Å². The summed E-state index contributed by atoms with van der Waals surface area (Å²) < 4.78 is 0. The highest BCUT2D eigenvalue weighted by atomic mass is 16.7. The van der Waals surface area contributed by atoms with Crippen molar-refractivity contribution in [1.82, 2.24) is 9.96 Å². The molecule has 0 aromatic heterocycles. The molecule has 0 spiro atoms. The number of carbonyl (C=O) groups excluding carboxylic acids is 1. The average Bonchev–Trinajstić information content (AvgIpc) is 2.27. The summed E-state index contributed by atoms with van der Waals surface area (Å²) in [5.41, 5.74) is 0. The lowest BCUT2D eigenvalue weighted by molar-refractivity contribution is -0.0847. The van der Waals surface area contributed by atoms with Crippen LogP contribution in [0.15, 0.2) is 24.9 Å². The maximum Gasteiger partial charge on any atom is 0.348 e. The molecular formula is C10H16N2O3. The van der Waals surface area contributed by atoms with Crippen LogP contribution in [0.1, 0.15) is 6.92 Å². The molecule has 0 aromatic rings. The quantitative estimate of drug-likeness (QED) is 0.684. The van der Waals surface area contributed by atoms with E-state index in [9.17, 15) is 4.79 Å². The van der Waals surface area contributed by atoms with Gasteiger partial charge in [-0.3, -0.25) is 4.84 Å². The zero-order valence-electron chi connectivity index (χ0n) is 8.80. The van der Waals surface area contributed by atoms with Crippen molar-refractivity contribution in [2.75, 3.05) is 19.8 Å². The van der Waals surface area contributed by atoms with Gasteiger partial charge in [-0.1, -0.05) is 6.08 Å². The highest BCUT2D eigenvalue weighted by Gasteiger charge is 2.28. The Morgan fingerprint density at radius 2 is 2.47 bits per heavy atom. The number of hydroxylamine groups is 2. The minimum Gasteiger partial charge on any atom is -0.394 e. The Bertz CT molecular complexity index is 265. The van der Waals surface area contributed by atoms with E-state index < -0.39 is 0 Å². The van der Waals surface area contributed by atoms with E-state index in [0.717, 1.165) is 5.06 Å². The van der Waals surface area contributed by atoms with E-state index in [0.29, 0.717) is 6.54 Å². The lowest BCUT2D eigenvalue weighted by Gasteiger charge is -2.34. The van der Waals surface area contributed by atoms with E-state index in [2.05, 4.69) is 6.58 Å². The second-order valence-electron chi connectivity index (χ2n) is 3.07. The number of likely N-dealkylation sites (N-methyl/N-ethyl adjacent to an activating group) is 1. The number of hydrogen-bond donors (Lipinski definition) is 1. The molecule has 2 amide bonds. The number of urea groups is 1. The second kappa shape index (κ2) is 5.53. The van der Waals surface area contributed by atoms with Gasteiger partial charge in [-0.05, 0) is 13.0 Å². The van der Waals surface area contributed by atoms with Gasteiger partial charge in [0.1, 0.15) is 0 Å². The number of amides is 2. The van der Waals surface area contributed by atoms with Crippen LogP contribution in [0.25, 0.3) is 0 Å². The van der Waals surface area contributed by atoms with Gasteiger partial charge in [0.15, 0.2) is 0 Å². The molecule has 1 aliphatic rings. The first-order valence-electron chi connectivity index (χ1n) is 4.87. The number of aliphatic hydroxyl groups is 1. The summed E-state index contributed by atoms with van der Waals surface area (Å²) in [4.78, 5) is 18.4. The van der Waals surface area contributed by atoms with Crippen molar-refractivity contribution in [1.29, 1.82) is 0 Å². The third-order valence-corrected chi connectivity index (χ3v) is 2.14. The van der Waals surface area contributed by atoms with Gasteiger partial charge in [-0.15, -0.1) is 6.58 Å². The lowest BCUT2D eigenvalue weighted by Crippen LogP contribution is -2.50. The van der Waals surface area contributed by atoms with Crippen molar-refractivity contribution >= 4 is 6.03 Å². The number of aliphatic hydroxyl groups excluding tert-OH is 1. The molecule has 84 valence electrons. The Labute approximate surface area is 89.2 Å². The van der Waals surface area contributed by atoms with Gasteiger partial charge in [-0.2, -0.15) is 5.06 Å². The first kappa shape index (κ1) is 11.7. The largest absolute Gasteiger partial charge is 0.394 e. The predicted molar refractivity (Wildman–Crippen MR) is 55.8 cm³/mol. The first-order valence-corrected chi connectivity index (χ1v) is 4.87. The van der Waals surface area contributed by atoms with Crippen molar-refractivity contribution in [2.45, 2.75) is 13.0 Å². The SMILES string of the molecule is C=CCON1C=C[C@@H](CO)N(CC)C1=O. The van der Waals surface area contributed by atoms with Crippen LogP contribution in [-0.2, 0) is 4.84 Å². The van der Waals surface area contributed by atoms with E-state index in [4.69, 9.17) is 9.94 Å². The average molecular weight is 212 g/mol. The summed E-state index contributed by atoms with van der Waals surface area (Å²) in [6.45, 7) is 6.08. The molecule has 0 radical (unpaired) electrons. The van der Waals surface area contributed by atoms with E-state index in [1.165, 1.54) is 11.1 Å². The van der Waals surface area contributed by atoms with Crippen molar-refractivity contribution in [2.24, 2.45) is 0 Å². The van der Waals surface area contributed by atoms with Gasteiger partial charge in [0, 0.05) is 12.7 Å². The standard InChI is InChI=1S/C10H16N2O3/c1-3-7-15-12-6-5-9(8-13)11(4-2)10(12)14/h3,5-6,9,13H,1,4,7-8H2,2H3/t9-/m0/s1. The molecule has 0 saturated carbocycles. The first-order chi connectivity index (χ1) is 7.24. The van der Waals surface area contributed by atoms with Gasteiger partial charge in [0.2, 0.25) is 0 Å². The summed E-state index contributed by atoms with van der Waals surface area (Å²) in [5, 5.41) is 10.2. The van der Waals surface area contributed by atoms with Crippen LogP contribution in [0.4, 0.5) is 4.79 Å². The molecule has 0 saturated heterocycles. The molecule has 1 N–H and O–H groups in total. The number of hydrogen-bond acceptors (Lipinski definition) is 3. The van der Waals surface area contributed by atoms with E-state index >= 15 is 0 Å². The highest BCUT2D eigenvalue weighted by Crippen LogP contribution is 2.13. The fourth-order valence-corrected chi connectivity index (χ4v) is 1.37. The predicted octanol–water partition coefficient (Wildman–Crippen LogP) is 0.736. The number of nitrogens with zero attached hydrogens (tertiary/aromatic N) is 2. The Hall–Kier alpha value is -1.33. The van der Waals surface area contributed by atoms with Gasteiger partial charge < -0.3 is 10.0 Å². The summed E-state index contributed by atoms with van der Waals surface area (Å²) in [6.07, 6.45) is 4.82. The normalized spacial score (nSPS) is 20.9. The maximum atomic E-state index is 11.8. The van der Waals surface area contributed by atoms with Crippen LogP contribution in [0, 0.1) is 0 Å². The topological polar surface area (TPSA) is 53.0 Å². The Morgan fingerprint density at radius 3 is 3.00 bits per heavy atom. The van der Waals surface area contributed by atoms with Crippen molar-refractivity contribution in [3.8, 4) is 0 Å². The minimum absolute atomic E-state index is 0.0780. The molecule has 0 aromatic carbocycles. The molecule has 1 aliphatic heterocycles. The van der Waals surface area contributed by atoms with Crippen LogP contribution < -0.4 is 0 Å². The fourth-order valence-electron chi connectivity index (χ4n) is 1.37. The van der Waals surface area contributed by atoms with Crippen molar-refractivity contribution < 1.29 is 14.7 Å². The monoisotopic (exact) mass is 212 g/mol. The Balaban J connectivity index is 2.70. The van der Waals surface area contributed by atoms with Gasteiger partial charge in [0.25, 0.3) is 0 Å². The maximum absolute atomic E-state index is 11.8. The third kappa shape index (κ3) is 2.57. The van der Waals surface area contributed by atoms with Crippen LogP contribution >= 0.6 is 0 Å². The minimum atomic E-state index is -0.263. The van der Waals surface area contributed by atoms with E-state index in [1.807, 2.05) is 6.92 Å². The molecule has 0 bridgehead atoms. The Morgan fingerprint density at radius 1 is 1.73 bits per heavy atom. The fraction of sp³-hybridized carbons (Fsp3) is 0.500. The van der Waals surface area contributed by atoms with Gasteiger partial charge in [-0.25, -0.2) is 4.79 Å². The van der Waals surface area contributed by atoms with Crippen LogP contribution in [0.2, 0.25) is 0 Å². The second-order valence-corrected chi connectivity index (χ2v) is 3.07. The number of rotatable bonds is 5. The molecule has 0 aliphatic carbocycles. The van der Waals surface area contributed by atoms with Gasteiger partial charge >= 0.3 is 6.03 Å². The molecule has 15 heavy (non-hydrogen) atoms. The summed E-state index contributed by atoms with van der Waals surface area (Å²) in [7, 11) is 0. The van der Waals surface area contributed by atoms with E-state index in [-0.39, 0.29) is 25.3 Å². The Kier molecular flexibility index (Phi) is 4.33. The third-order valence-electron chi connectivity index (χ3n) is 2.14. The molecular weight excluding hydrogens is 196 g/mol. The molecule has 1 heterocycles. The van der Waals surface area contributed by atoms with Gasteiger partial charge in [0.05, 0.1) is 19.3 Å². The number of carbonyl (C=O) groups is 1. The molecule has 5 nitrogen and oxygen atoms in total.